The third kappa shape index (κ3) is 3.12. The number of nitrogens with zero attached hydrogens (tertiary/aromatic N) is 5. The second-order valence-corrected chi connectivity index (χ2v) is 6.97. The second kappa shape index (κ2) is 5.80. The summed E-state index contributed by atoms with van der Waals surface area (Å²) in [5, 5.41) is 13.4. The molecule has 2 aliphatic rings. The first-order valence-corrected chi connectivity index (χ1v) is 8.41. The lowest BCUT2D eigenvalue weighted by Crippen LogP contribution is -2.27. The zero-order valence-electron chi connectivity index (χ0n) is 12.1. The molecule has 1 heterocycles. The maximum atomic E-state index is 6.12. The van der Waals surface area contributed by atoms with Gasteiger partial charge in [0.1, 0.15) is 0 Å². The minimum atomic E-state index is 0.510. The Labute approximate surface area is 139 Å². The summed E-state index contributed by atoms with van der Waals surface area (Å²) in [7, 11) is 0. The highest BCUT2D eigenvalue weighted by Gasteiger charge is 2.33. The molecule has 0 unspecified atom stereocenters. The van der Waals surface area contributed by atoms with Gasteiger partial charge < -0.3 is 0 Å². The van der Waals surface area contributed by atoms with Crippen LogP contribution in [0.5, 0.6) is 0 Å². The van der Waals surface area contributed by atoms with E-state index in [1.165, 1.54) is 31.2 Å². The normalized spacial score (nSPS) is 18.1. The number of hydrogen-bond donors (Lipinski definition) is 0. The van der Waals surface area contributed by atoms with Gasteiger partial charge >= 0.3 is 0 Å². The first-order chi connectivity index (χ1) is 10.7. The topological polar surface area (TPSA) is 46.8 Å². The van der Waals surface area contributed by atoms with Gasteiger partial charge in [-0.3, -0.25) is 4.90 Å². The third-order valence-electron chi connectivity index (χ3n) is 4.23. The van der Waals surface area contributed by atoms with Crippen LogP contribution < -0.4 is 0 Å². The third-order valence-corrected chi connectivity index (χ3v) is 4.97. The Bertz CT molecular complexity index is 678. The van der Waals surface area contributed by atoms with Crippen LogP contribution in [-0.2, 0) is 13.1 Å². The average molecular weight is 338 g/mol. The van der Waals surface area contributed by atoms with Gasteiger partial charge in [-0.25, -0.2) is 4.68 Å². The number of benzene rings is 1. The Morgan fingerprint density at radius 1 is 1.09 bits per heavy atom. The largest absolute Gasteiger partial charge is 0.289 e. The monoisotopic (exact) mass is 337 g/mol. The molecule has 2 fully saturated rings. The Hall–Kier alpha value is -1.17. The summed E-state index contributed by atoms with van der Waals surface area (Å²) in [6.07, 6.45) is 4.86. The standard InChI is InChI=1S/C15H17Cl2N5/c16-13-6-1-10(7-14(13)17)8-21(11-2-3-11)9-15-18-19-20-22(15)12-4-5-12/h1,6-7,11-12H,2-5,8-9H2. The minimum Gasteiger partial charge on any atom is -0.289 e. The van der Waals surface area contributed by atoms with Crippen molar-refractivity contribution in [3.63, 3.8) is 0 Å². The Morgan fingerprint density at radius 2 is 1.91 bits per heavy atom. The molecule has 7 heteroatoms. The van der Waals surface area contributed by atoms with Crippen LogP contribution in [0.2, 0.25) is 10.0 Å². The van der Waals surface area contributed by atoms with Gasteiger partial charge in [0.15, 0.2) is 5.82 Å². The lowest BCUT2D eigenvalue weighted by molar-refractivity contribution is 0.234. The summed E-state index contributed by atoms with van der Waals surface area (Å²) >= 11 is 12.1. The van der Waals surface area contributed by atoms with Crippen LogP contribution in [0.25, 0.3) is 0 Å². The van der Waals surface area contributed by atoms with Crippen LogP contribution >= 0.6 is 23.2 Å². The Kier molecular flexibility index (Phi) is 3.80. The highest BCUT2D eigenvalue weighted by atomic mass is 35.5. The van der Waals surface area contributed by atoms with Crippen molar-refractivity contribution in [2.24, 2.45) is 0 Å². The minimum absolute atomic E-state index is 0.510. The van der Waals surface area contributed by atoms with E-state index in [1.54, 1.807) is 0 Å². The summed E-state index contributed by atoms with van der Waals surface area (Å²) in [4.78, 5) is 2.43. The number of rotatable bonds is 6. The van der Waals surface area contributed by atoms with Crippen molar-refractivity contribution in [3.8, 4) is 0 Å². The maximum Gasteiger partial charge on any atom is 0.165 e. The molecular weight excluding hydrogens is 321 g/mol. The van der Waals surface area contributed by atoms with Crippen LogP contribution in [0.1, 0.15) is 43.1 Å². The van der Waals surface area contributed by atoms with E-state index in [4.69, 9.17) is 23.2 Å². The van der Waals surface area contributed by atoms with Gasteiger partial charge in [-0.15, -0.1) is 5.10 Å². The van der Waals surface area contributed by atoms with Gasteiger partial charge in [0.25, 0.3) is 0 Å². The molecule has 0 atom stereocenters. The van der Waals surface area contributed by atoms with Crippen LogP contribution in [-0.4, -0.2) is 31.1 Å². The lowest BCUT2D eigenvalue weighted by atomic mass is 10.2. The van der Waals surface area contributed by atoms with Crippen LogP contribution in [0.3, 0.4) is 0 Å². The molecule has 1 aromatic heterocycles. The van der Waals surface area contributed by atoms with Gasteiger partial charge in [-0.1, -0.05) is 29.3 Å². The van der Waals surface area contributed by atoms with Crippen molar-refractivity contribution in [1.82, 2.24) is 25.1 Å². The van der Waals surface area contributed by atoms with Crippen molar-refractivity contribution in [2.75, 3.05) is 0 Å². The SMILES string of the molecule is Clc1ccc(CN(Cc2nnnn2C2CC2)C2CC2)cc1Cl. The average Bonchev–Trinajstić information content (AvgIpc) is 3.41. The first kappa shape index (κ1) is 14.4. The molecule has 0 radical (unpaired) electrons. The molecule has 2 saturated carbocycles. The summed E-state index contributed by atoms with van der Waals surface area (Å²) in [6.45, 7) is 1.63. The van der Waals surface area contributed by atoms with E-state index in [0.717, 1.165) is 18.9 Å². The van der Waals surface area contributed by atoms with Gasteiger partial charge in [0, 0.05) is 12.6 Å². The number of aromatic nitrogens is 4. The fourth-order valence-electron chi connectivity index (χ4n) is 2.73. The van der Waals surface area contributed by atoms with Crippen molar-refractivity contribution in [1.29, 1.82) is 0 Å². The van der Waals surface area contributed by atoms with Gasteiger partial charge in [-0.2, -0.15) is 0 Å². The molecule has 5 nitrogen and oxygen atoms in total. The smallest absolute Gasteiger partial charge is 0.165 e. The summed E-state index contributed by atoms with van der Waals surface area (Å²) in [5.74, 6) is 0.967. The van der Waals surface area contributed by atoms with Gasteiger partial charge in [0.2, 0.25) is 0 Å². The highest BCUT2D eigenvalue weighted by molar-refractivity contribution is 6.42. The molecule has 0 aliphatic heterocycles. The Morgan fingerprint density at radius 3 is 2.59 bits per heavy atom. The molecule has 0 spiro atoms. The van der Waals surface area contributed by atoms with Gasteiger partial charge in [-0.05, 0) is 53.8 Å². The second-order valence-electron chi connectivity index (χ2n) is 6.16. The lowest BCUT2D eigenvalue weighted by Gasteiger charge is -2.21. The van der Waals surface area contributed by atoms with Crippen molar-refractivity contribution >= 4 is 23.2 Å². The summed E-state index contributed by atoms with van der Waals surface area (Å²) in [5.41, 5.74) is 1.17. The van der Waals surface area contributed by atoms with E-state index >= 15 is 0 Å². The van der Waals surface area contributed by atoms with E-state index in [9.17, 15) is 0 Å². The highest BCUT2D eigenvalue weighted by Crippen LogP contribution is 2.36. The number of halogens is 2. The number of tetrazole rings is 1. The predicted octanol–water partition coefficient (Wildman–Crippen LogP) is 3.48. The molecule has 0 amide bonds. The molecular formula is C15H17Cl2N5. The molecule has 116 valence electrons. The molecule has 0 bridgehead atoms. The molecule has 1 aromatic carbocycles. The Balaban J connectivity index is 1.51. The number of hydrogen-bond acceptors (Lipinski definition) is 4. The van der Waals surface area contributed by atoms with E-state index < -0.39 is 0 Å². The van der Waals surface area contributed by atoms with E-state index in [1.807, 2.05) is 22.9 Å². The first-order valence-electron chi connectivity index (χ1n) is 7.65. The summed E-state index contributed by atoms with van der Waals surface area (Å²) in [6, 6.07) is 6.98. The quantitative estimate of drug-likeness (QED) is 0.809. The van der Waals surface area contributed by atoms with Crippen LogP contribution in [0.15, 0.2) is 18.2 Å². The van der Waals surface area contributed by atoms with E-state index in [0.29, 0.717) is 22.1 Å². The molecule has 4 rings (SSSR count). The molecule has 0 saturated heterocycles. The molecule has 22 heavy (non-hydrogen) atoms. The van der Waals surface area contributed by atoms with Crippen LogP contribution in [0, 0.1) is 0 Å². The fraction of sp³-hybridized carbons (Fsp3) is 0.533. The van der Waals surface area contributed by atoms with Crippen LogP contribution in [0.4, 0.5) is 0 Å². The maximum absolute atomic E-state index is 6.12. The van der Waals surface area contributed by atoms with E-state index in [2.05, 4.69) is 20.4 Å². The fourth-order valence-corrected chi connectivity index (χ4v) is 3.05. The zero-order valence-corrected chi connectivity index (χ0v) is 13.6. The molecule has 2 aromatic rings. The molecule has 2 aliphatic carbocycles. The summed E-state index contributed by atoms with van der Waals surface area (Å²) < 4.78 is 1.99. The van der Waals surface area contributed by atoms with Gasteiger partial charge in [0.05, 0.1) is 22.6 Å². The van der Waals surface area contributed by atoms with E-state index in [-0.39, 0.29) is 0 Å². The predicted molar refractivity (Wildman–Crippen MR) is 84.8 cm³/mol. The van der Waals surface area contributed by atoms with Crippen molar-refractivity contribution in [2.45, 2.75) is 50.9 Å². The van der Waals surface area contributed by atoms with Crippen molar-refractivity contribution in [3.05, 3.63) is 39.6 Å². The molecule has 0 N–H and O–H groups in total. The van der Waals surface area contributed by atoms with Crippen molar-refractivity contribution < 1.29 is 0 Å². The zero-order chi connectivity index (χ0) is 15.1.